The number of carbonyl (C=O) groups excluding carboxylic acids is 1. The predicted molar refractivity (Wildman–Crippen MR) is 84.9 cm³/mol. The van der Waals surface area contributed by atoms with E-state index in [1.807, 2.05) is 0 Å². The van der Waals surface area contributed by atoms with Crippen LogP contribution in [0.1, 0.15) is 19.8 Å². The summed E-state index contributed by atoms with van der Waals surface area (Å²) in [6.45, 7) is 4.48. The summed E-state index contributed by atoms with van der Waals surface area (Å²) < 4.78 is 40.1. The standard InChI is InChI=1S/C15H22FN3O3S/c1-2-14(15(20)19-10-3-8-17-9-11-19)18-23(21,22)13-6-4-12(16)5-7-13/h4-7,14,17-18H,2-3,8-11H2,1H3. The molecule has 128 valence electrons. The third-order valence-electron chi connectivity index (χ3n) is 3.78. The van der Waals surface area contributed by atoms with Gasteiger partial charge in [0.15, 0.2) is 0 Å². The van der Waals surface area contributed by atoms with Crippen molar-refractivity contribution in [2.45, 2.75) is 30.7 Å². The van der Waals surface area contributed by atoms with E-state index in [0.717, 1.165) is 25.1 Å². The zero-order chi connectivity index (χ0) is 16.9. The first-order valence-corrected chi connectivity index (χ1v) is 9.20. The van der Waals surface area contributed by atoms with Gasteiger partial charge in [0.1, 0.15) is 11.9 Å². The monoisotopic (exact) mass is 343 g/mol. The van der Waals surface area contributed by atoms with Crippen molar-refractivity contribution in [2.75, 3.05) is 26.2 Å². The molecule has 1 saturated heterocycles. The summed E-state index contributed by atoms with van der Waals surface area (Å²) in [5.41, 5.74) is 0. The maximum absolute atomic E-state index is 12.9. The van der Waals surface area contributed by atoms with E-state index >= 15 is 0 Å². The van der Waals surface area contributed by atoms with Gasteiger partial charge < -0.3 is 10.2 Å². The molecule has 1 fully saturated rings. The smallest absolute Gasteiger partial charge is 0.241 e. The van der Waals surface area contributed by atoms with Crippen molar-refractivity contribution in [3.8, 4) is 0 Å². The van der Waals surface area contributed by atoms with Gasteiger partial charge in [-0.25, -0.2) is 12.8 Å². The van der Waals surface area contributed by atoms with Gasteiger partial charge in [-0.1, -0.05) is 6.92 Å². The van der Waals surface area contributed by atoms with Crippen LogP contribution in [0.4, 0.5) is 4.39 Å². The minimum atomic E-state index is -3.86. The highest BCUT2D eigenvalue weighted by atomic mass is 32.2. The van der Waals surface area contributed by atoms with Gasteiger partial charge in [0.05, 0.1) is 4.90 Å². The molecular formula is C15H22FN3O3S. The number of benzene rings is 1. The normalized spacial score (nSPS) is 17.6. The second kappa shape index (κ2) is 7.85. The van der Waals surface area contributed by atoms with E-state index in [-0.39, 0.29) is 10.8 Å². The Labute approximate surface area is 136 Å². The molecule has 2 N–H and O–H groups in total. The number of nitrogens with zero attached hydrogens (tertiary/aromatic N) is 1. The highest BCUT2D eigenvalue weighted by Gasteiger charge is 2.28. The molecule has 23 heavy (non-hydrogen) atoms. The van der Waals surface area contributed by atoms with Crippen molar-refractivity contribution < 1.29 is 17.6 Å². The minimum Gasteiger partial charge on any atom is -0.340 e. The van der Waals surface area contributed by atoms with Crippen LogP contribution in [0.3, 0.4) is 0 Å². The molecule has 0 bridgehead atoms. The second-order valence-corrected chi connectivity index (χ2v) is 7.18. The number of sulfonamides is 1. The Morgan fingerprint density at radius 2 is 2.00 bits per heavy atom. The molecule has 0 spiro atoms. The second-order valence-electron chi connectivity index (χ2n) is 5.46. The van der Waals surface area contributed by atoms with Crippen molar-refractivity contribution in [3.63, 3.8) is 0 Å². The molecule has 1 aromatic carbocycles. The van der Waals surface area contributed by atoms with Crippen molar-refractivity contribution in [3.05, 3.63) is 30.1 Å². The first-order valence-electron chi connectivity index (χ1n) is 7.71. The van der Waals surface area contributed by atoms with Crippen LogP contribution < -0.4 is 10.0 Å². The number of rotatable bonds is 5. The molecule has 0 radical (unpaired) electrons. The summed E-state index contributed by atoms with van der Waals surface area (Å²) in [6.07, 6.45) is 1.19. The van der Waals surface area contributed by atoms with Gasteiger partial charge in [-0.05, 0) is 43.7 Å². The van der Waals surface area contributed by atoms with E-state index in [2.05, 4.69) is 10.0 Å². The Morgan fingerprint density at radius 3 is 2.65 bits per heavy atom. The summed E-state index contributed by atoms with van der Waals surface area (Å²) in [5.74, 6) is -0.731. The first-order chi connectivity index (χ1) is 10.9. The molecular weight excluding hydrogens is 321 g/mol. The molecule has 8 heteroatoms. The van der Waals surface area contributed by atoms with Gasteiger partial charge in [-0.2, -0.15) is 4.72 Å². The lowest BCUT2D eigenvalue weighted by molar-refractivity contribution is -0.132. The molecule has 1 unspecified atom stereocenters. The van der Waals surface area contributed by atoms with Crippen LogP contribution in [0.25, 0.3) is 0 Å². The lowest BCUT2D eigenvalue weighted by atomic mass is 10.2. The van der Waals surface area contributed by atoms with Gasteiger partial charge in [0, 0.05) is 19.6 Å². The van der Waals surface area contributed by atoms with Gasteiger partial charge in [0.2, 0.25) is 15.9 Å². The van der Waals surface area contributed by atoms with Crippen LogP contribution >= 0.6 is 0 Å². The van der Waals surface area contributed by atoms with Gasteiger partial charge in [-0.3, -0.25) is 4.79 Å². The minimum absolute atomic E-state index is 0.0531. The fourth-order valence-corrected chi connectivity index (χ4v) is 3.74. The highest BCUT2D eigenvalue weighted by molar-refractivity contribution is 7.89. The molecule has 0 aromatic heterocycles. The Morgan fingerprint density at radius 1 is 1.30 bits per heavy atom. The van der Waals surface area contributed by atoms with Crippen molar-refractivity contribution in [2.24, 2.45) is 0 Å². The third kappa shape index (κ3) is 4.73. The largest absolute Gasteiger partial charge is 0.340 e. The van der Waals surface area contributed by atoms with E-state index in [0.29, 0.717) is 26.1 Å². The molecule has 1 aliphatic heterocycles. The lowest BCUT2D eigenvalue weighted by Crippen LogP contribution is -2.49. The van der Waals surface area contributed by atoms with E-state index in [4.69, 9.17) is 0 Å². The molecule has 1 amide bonds. The summed E-state index contributed by atoms with van der Waals surface area (Å²) >= 11 is 0. The summed E-state index contributed by atoms with van der Waals surface area (Å²) in [7, 11) is -3.86. The highest BCUT2D eigenvalue weighted by Crippen LogP contribution is 2.12. The Hall–Kier alpha value is -1.51. The summed E-state index contributed by atoms with van der Waals surface area (Å²) in [5, 5.41) is 3.20. The van der Waals surface area contributed by atoms with Gasteiger partial charge in [0.25, 0.3) is 0 Å². The summed E-state index contributed by atoms with van der Waals surface area (Å²) in [6, 6.07) is 3.72. The first kappa shape index (κ1) is 17.8. The van der Waals surface area contributed by atoms with Crippen molar-refractivity contribution in [1.29, 1.82) is 0 Å². The summed E-state index contributed by atoms with van der Waals surface area (Å²) in [4.78, 5) is 14.2. The number of carbonyl (C=O) groups is 1. The maximum atomic E-state index is 12.9. The lowest BCUT2D eigenvalue weighted by Gasteiger charge is -2.25. The Kier molecular flexibility index (Phi) is 6.09. The van der Waals surface area contributed by atoms with Gasteiger partial charge in [-0.15, -0.1) is 0 Å². The van der Waals surface area contributed by atoms with Crippen LogP contribution in [0, 0.1) is 5.82 Å². The van der Waals surface area contributed by atoms with E-state index in [9.17, 15) is 17.6 Å². The van der Waals surface area contributed by atoms with Crippen LogP contribution in [-0.4, -0.2) is 51.4 Å². The van der Waals surface area contributed by atoms with Crippen LogP contribution in [-0.2, 0) is 14.8 Å². The quantitative estimate of drug-likeness (QED) is 0.825. The number of hydrogen-bond acceptors (Lipinski definition) is 4. The number of hydrogen-bond donors (Lipinski definition) is 2. The molecule has 0 saturated carbocycles. The van der Waals surface area contributed by atoms with Gasteiger partial charge >= 0.3 is 0 Å². The molecule has 0 aliphatic carbocycles. The van der Waals surface area contributed by atoms with E-state index in [1.165, 1.54) is 12.1 Å². The molecule has 6 nitrogen and oxygen atoms in total. The van der Waals surface area contributed by atoms with Crippen LogP contribution in [0.2, 0.25) is 0 Å². The molecule has 2 rings (SSSR count). The average Bonchev–Trinajstić information content (AvgIpc) is 2.81. The zero-order valence-electron chi connectivity index (χ0n) is 13.1. The third-order valence-corrected chi connectivity index (χ3v) is 5.27. The fourth-order valence-electron chi connectivity index (χ4n) is 2.46. The zero-order valence-corrected chi connectivity index (χ0v) is 13.9. The molecule has 1 heterocycles. The number of nitrogens with one attached hydrogen (secondary N) is 2. The molecule has 1 atom stereocenters. The van der Waals surface area contributed by atoms with E-state index in [1.54, 1.807) is 11.8 Å². The predicted octanol–water partition coefficient (Wildman–Crippen LogP) is 0.705. The topological polar surface area (TPSA) is 78.5 Å². The maximum Gasteiger partial charge on any atom is 0.241 e. The number of amides is 1. The molecule has 1 aromatic rings. The Balaban J connectivity index is 2.11. The SMILES string of the molecule is CCC(NS(=O)(=O)c1ccc(F)cc1)C(=O)N1CCCNCC1. The fraction of sp³-hybridized carbons (Fsp3) is 0.533. The van der Waals surface area contributed by atoms with Crippen LogP contribution in [0.5, 0.6) is 0 Å². The Bertz CT molecular complexity index is 626. The van der Waals surface area contributed by atoms with Crippen molar-refractivity contribution in [1.82, 2.24) is 14.9 Å². The van der Waals surface area contributed by atoms with E-state index < -0.39 is 21.9 Å². The molecule has 1 aliphatic rings. The van der Waals surface area contributed by atoms with Crippen LogP contribution in [0.15, 0.2) is 29.2 Å². The number of halogens is 1. The average molecular weight is 343 g/mol. The van der Waals surface area contributed by atoms with Crippen molar-refractivity contribution >= 4 is 15.9 Å².